The zero-order chi connectivity index (χ0) is 9.14. The van der Waals surface area contributed by atoms with Gasteiger partial charge in [-0.05, 0) is 39.9 Å². The highest BCUT2D eigenvalue weighted by molar-refractivity contribution is 4.85. The lowest BCUT2D eigenvalue weighted by Gasteiger charge is -2.25. The maximum Gasteiger partial charge on any atom is 0.0668 e. The predicted octanol–water partition coefficient (Wildman–Crippen LogP) is -0.0931. The van der Waals surface area contributed by atoms with Crippen molar-refractivity contribution in [3.8, 4) is 0 Å². The summed E-state index contributed by atoms with van der Waals surface area (Å²) in [6.45, 7) is 4.13. The van der Waals surface area contributed by atoms with Crippen LogP contribution in [-0.2, 0) is 0 Å². The van der Waals surface area contributed by atoms with Crippen LogP contribution < -0.4 is 5.32 Å². The number of aliphatic hydroxyl groups is 1. The van der Waals surface area contributed by atoms with E-state index in [1.807, 2.05) is 14.0 Å². The maximum absolute atomic E-state index is 9.48. The molecule has 0 amide bonds. The minimum absolute atomic E-state index is 0.244. The molecule has 1 saturated heterocycles. The summed E-state index contributed by atoms with van der Waals surface area (Å²) in [6.07, 6.45) is 0.957. The van der Waals surface area contributed by atoms with E-state index in [9.17, 15) is 5.11 Å². The number of likely N-dealkylation sites (tertiary alicyclic amines) is 1. The third-order valence-corrected chi connectivity index (χ3v) is 2.79. The Morgan fingerprint density at radius 3 is 2.58 bits per heavy atom. The van der Waals surface area contributed by atoms with Crippen molar-refractivity contribution in [2.24, 2.45) is 5.92 Å². The molecule has 0 aliphatic carbocycles. The molecule has 0 radical (unpaired) electrons. The van der Waals surface area contributed by atoms with Crippen LogP contribution in [0, 0.1) is 5.92 Å². The van der Waals surface area contributed by atoms with Gasteiger partial charge >= 0.3 is 0 Å². The summed E-state index contributed by atoms with van der Waals surface area (Å²) in [5.74, 6) is 0.611. The molecule has 3 atom stereocenters. The molecule has 1 heterocycles. The Balaban J connectivity index is 2.44. The van der Waals surface area contributed by atoms with Gasteiger partial charge in [-0.25, -0.2) is 0 Å². The lowest BCUT2D eigenvalue weighted by molar-refractivity contribution is 0.119. The third kappa shape index (κ3) is 2.19. The van der Waals surface area contributed by atoms with E-state index in [0.29, 0.717) is 5.92 Å². The van der Waals surface area contributed by atoms with E-state index >= 15 is 0 Å². The fourth-order valence-electron chi connectivity index (χ4n) is 2.13. The number of aliphatic hydroxyl groups excluding tert-OH is 1. The zero-order valence-electron chi connectivity index (χ0n) is 8.25. The SMILES string of the molecule is CNC(C(C)O)C1CCN(C)C1. The lowest BCUT2D eigenvalue weighted by atomic mass is 9.95. The molecule has 0 aromatic heterocycles. The van der Waals surface area contributed by atoms with E-state index in [4.69, 9.17) is 0 Å². The Bertz CT molecular complexity index is 138. The molecule has 2 N–H and O–H groups in total. The first-order chi connectivity index (χ1) is 5.65. The van der Waals surface area contributed by atoms with E-state index in [1.165, 1.54) is 6.42 Å². The van der Waals surface area contributed by atoms with Gasteiger partial charge in [0.25, 0.3) is 0 Å². The average molecular weight is 172 g/mol. The molecule has 3 nitrogen and oxygen atoms in total. The molecule has 3 heteroatoms. The van der Waals surface area contributed by atoms with Crippen molar-refractivity contribution >= 4 is 0 Å². The molecule has 0 spiro atoms. The van der Waals surface area contributed by atoms with Crippen molar-refractivity contribution < 1.29 is 5.11 Å². The number of rotatable bonds is 3. The highest BCUT2D eigenvalue weighted by Crippen LogP contribution is 2.19. The smallest absolute Gasteiger partial charge is 0.0668 e. The molecule has 72 valence electrons. The fourth-order valence-corrected chi connectivity index (χ4v) is 2.13. The van der Waals surface area contributed by atoms with Crippen LogP contribution in [0.5, 0.6) is 0 Å². The first-order valence-corrected chi connectivity index (χ1v) is 4.69. The van der Waals surface area contributed by atoms with Crippen LogP contribution in [0.1, 0.15) is 13.3 Å². The zero-order valence-corrected chi connectivity index (χ0v) is 8.25. The molecule has 12 heavy (non-hydrogen) atoms. The highest BCUT2D eigenvalue weighted by Gasteiger charge is 2.29. The standard InChI is InChI=1S/C9H20N2O/c1-7(12)9(10-2)8-4-5-11(3)6-8/h7-10,12H,4-6H2,1-3H3. The van der Waals surface area contributed by atoms with E-state index in [2.05, 4.69) is 17.3 Å². The molecular weight excluding hydrogens is 152 g/mol. The Morgan fingerprint density at radius 1 is 1.58 bits per heavy atom. The Kier molecular flexibility index (Phi) is 3.50. The second kappa shape index (κ2) is 4.21. The molecule has 0 aromatic carbocycles. The quantitative estimate of drug-likeness (QED) is 0.624. The minimum atomic E-state index is -0.244. The summed E-state index contributed by atoms with van der Waals surface area (Å²) in [6, 6.07) is 0.259. The molecule has 1 aliphatic rings. The number of hydrogen-bond acceptors (Lipinski definition) is 3. The van der Waals surface area contributed by atoms with Gasteiger partial charge in [0.15, 0.2) is 0 Å². The summed E-state index contributed by atoms with van der Waals surface area (Å²) in [5.41, 5.74) is 0. The van der Waals surface area contributed by atoms with E-state index in [1.54, 1.807) is 0 Å². The van der Waals surface area contributed by atoms with Crippen molar-refractivity contribution in [1.29, 1.82) is 0 Å². The van der Waals surface area contributed by atoms with Gasteiger partial charge in [-0.3, -0.25) is 0 Å². The predicted molar refractivity (Wildman–Crippen MR) is 50.1 cm³/mol. The molecule has 0 bridgehead atoms. The van der Waals surface area contributed by atoms with Crippen molar-refractivity contribution in [2.45, 2.75) is 25.5 Å². The van der Waals surface area contributed by atoms with Gasteiger partial charge in [0, 0.05) is 12.6 Å². The average Bonchev–Trinajstić information content (AvgIpc) is 2.37. The third-order valence-electron chi connectivity index (χ3n) is 2.79. The van der Waals surface area contributed by atoms with E-state index in [-0.39, 0.29) is 12.1 Å². The molecule has 0 aromatic rings. The summed E-state index contributed by atoms with van der Waals surface area (Å²) >= 11 is 0. The molecular formula is C9H20N2O. The van der Waals surface area contributed by atoms with Crippen LogP contribution in [0.3, 0.4) is 0 Å². The Hall–Kier alpha value is -0.120. The second-order valence-electron chi connectivity index (χ2n) is 3.87. The maximum atomic E-state index is 9.48. The van der Waals surface area contributed by atoms with Crippen LogP contribution in [0.2, 0.25) is 0 Å². The summed E-state index contributed by atoms with van der Waals surface area (Å²) in [7, 11) is 4.06. The van der Waals surface area contributed by atoms with Gasteiger partial charge in [-0.2, -0.15) is 0 Å². The largest absolute Gasteiger partial charge is 0.392 e. The summed E-state index contributed by atoms with van der Waals surface area (Å²) in [4.78, 5) is 2.32. The topological polar surface area (TPSA) is 35.5 Å². The highest BCUT2D eigenvalue weighted by atomic mass is 16.3. The summed E-state index contributed by atoms with van der Waals surface area (Å²) < 4.78 is 0. The van der Waals surface area contributed by atoms with Crippen molar-refractivity contribution in [3.63, 3.8) is 0 Å². The van der Waals surface area contributed by atoms with Gasteiger partial charge in [0.2, 0.25) is 0 Å². The first kappa shape index (κ1) is 9.96. The van der Waals surface area contributed by atoms with Crippen molar-refractivity contribution in [3.05, 3.63) is 0 Å². The molecule has 1 fully saturated rings. The van der Waals surface area contributed by atoms with Crippen molar-refractivity contribution in [1.82, 2.24) is 10.2 Å². The van der Waals surface area contributed by atoms with Crippen molar-refractivity contribution in [2.75, 3.05) is 27.2 Å². The number of likely N-dealkylation sites (N-methyl/N-ethyl adjacent to an activating group) is 1. The van der Waals surface area contributed by atoms with Gasteiger partial charge in [-0.1, -0.05) is 0 Å². The molecule has 1 aliphatic heterocycles. The monoisotopic (exact) mass is 172 g/mol. The molecule has 0 saturated carbocycles. The number of nitrogens with one attached hydrogen (secondary N) is 1. The first-order valence-electron chi connectivity index (χ1n) is 4.69. The Labute approximate surface area is 74.8 Å². The molecule has 3 unspecified atom stereocenters. The fraction of sp³-hybridized carbons (Fsp3) is 1.00. The lowest BCUT2D eigenvalue weighted by Crippen LogP contribution is -2.43. The van der Waals surface area contributed by atoms with E-state index < -0.39 is 0 Å². The number of hydrogen-bond donors (Lipinski definition) is 2. The second-order valence-corrected chi connectivity index (χ2v) is 3.87. The van der Waals surface area contributed by atoms with Gasteiger partial charge < -0.3 is 15.3 Å². The minimum Gasteiger partial charge on any atom is -0.392 e. The number of nitrogens with zero attached hydrogens (tertiary/aromatic N) is 1. The van der Waals surface area contributed by atoms with Gasteiger partial charge in [-0.15, -0.1) is 0 Å². The van der Waals surface area contributed by atoms with Gasteiger partial charge in [0.05, 0.1) is 6.10 Å². The van der Waals surface area contributed by atoms with Crippen LogP contribution in [0.15, 0.2) is 0 Å². The van der Waals surface area contributed by atoms with Crippen LogP contribution >= 0.6 is 0 Å². The summed E-state index contributed by atoms with van der Waals surface area (Å²) in [5, 5.41) is 12.7. The normalized spacial score (nSPS) is 30.5. The van der Waals surface area contributed by atoms with E-state index in [0.717, 1.165) is 13.1 Å². The van der Waals surface area contributed by atoms with Crippen LogP contribution in [0.25, 0.3) is 0 Å². The molecule has 1 rings (SSSR count). The Morgan fingerprint density at radius 2 is 2.25 bits per heavy atom. The van der Waals surface area contributed by atoms with Gasteiger partial charge in [0.1, 0.15) is 0 Å². The van der Waals surface area contributed by atoms with Crippen LogP contribution in [-0.4, -0.2) is 49.3 Å². The van der Waals surface area contributed by atoms with Crippen LogP contribution in [0.4, 0.5) is 0 Å².